The molecule has 172 valence electrons. The van der Waals surface area contributed by atoms with Crippen LogP contribution in [0.1, 0.15) is 20.8 Å². The van der Waals surface area contributed by atoms with Crippen molar-refractivity contribution >= 4 is 45.6 Å². The Balaban J connectivity index is 1.39. The maximum absolute atomic E-state index is 13.2. The molecule has 1 aliphatic rings. The van der Waals surface area contributed by atoms with E-state index in [0.29, 0.717) is 24.6 Å². The number of carbonyl (C=O) groups is 1. The molecular formula is C22H28N10O. The second kappa shape index (κ2) is 7.91. The number of piperazine rings is 1. The third kappa shape index (κ3) is 3.49. The normalized spacial score (nSPS) is 18.9. The van der Waals surface area contributed by atoms with Crippen LogP contribution in [0.2, 0.25) is 0 Å². The summed E-state index contributed by atoms with van der Waals surface area (Å²) < 4.78 is 3.59. The van der Waals surface area contributed by atoms with Gasteiger partial charge in [0.15, 0.2) is 11.5 Å². The van der Waals surface area contributed by atoms with E-state index in [2.05, 4.69) is 44.2 Å². The van der Waals surface area contributed by atoms with Crippen molar-refractivity contribution in [1.82, 2.24) is 34.4 Å². The van der Waals surface area contributed by atoms with Gasteiger partial charge in [-0.1, -0.05) is 12.1 Å². The van der Waals surface area contributed by atoms with Crippen LogP contribution in [0.5, 0.6) is 0 Å². The van der Waals surface area contributed by atoms with Crippen molar-refractivity contribution in [1.29, 1.82) is 0 Å². The van der Waals surface area contributed by atoms with E-state index in [1.165, 1.54) is 0 Å². The highest BCUT2D eigenvalue weighted by atomic mass is 16.2. The molecule has 0 radical (unpaired) electrons. The van der Waals surface area contributed by atoms with E-state index < -0.39 is 0 Å². The van der Waals surface area contributed by atoms with Gasteiger partial charge in [0, 0.05) is 44.2 Å². The molecule has 11 heteroatoms. The fourth-order valence-corrected chi connectivity index (χ4v) is 4.77. The van der Waals surface area contributed by atoms with Crippen LogP contribution in [0.4, 0.5) is 22.4 Å². The van der Waals surface area contributed by atoms with Crippen LogP contribution in [-0.4, -0.2) is 65.6 Å². The van der Waals surface area contributed by atoms with Crippen molar-refractivity contribution in [2.24, 2.45) is 7.05 Å². The lowest BCUT2D eigenvalue weighted by molar-refractivity contribution is 0.189. The Morgan fingerprint density at radius 2 is 1.88 bits per heavy atom. The minimum Gasteiger partial charge on any atom is -0.368 e. The smallest absolute Gasteiger partial charge is 0.323 e. The number of urea groups is 1. The number of anilines is 3. The van der Waals surface area contributed by atoms with E-state index in [-0.39, 0.29) is 24.1 Å². The zero-order valence-corrected chi connectivity index (χ0v) is 19.2. The first-order chi connectivity index (χ1) is 15.9. The van der Waals surface area contributed by atoms with Crippen LogP contribution in [-0.2, 0) is 13.6 Å². The number of nitrogens with one attached hydrogen (secondary N) is 1. The van der Waals surface area contributed by atoms with Gasteiger partial charge in [-0.3, -0.25) is 14.7 Å². The summed E-state index contributed by atoms with van der Waals surface area (Å²) in [7, 11) is 1.83. The van der Waals surface area contributed by atoms with E-state index >= 15 is 0 Å². The number of nitrogen functional groups attached to an aromatic ring is 1. The van der Waals surface area contributed by atoms with Crippen LogP contribution in [0.3, 0.4) is 0 Å². The van der Waals surface area contributed by atoms with Gasteiger partial charge in [-0.15, -0.1) is 0 Å². The van der Waals surface area contributed by atoms with Crippen LogP contribution < -0.4 is 16.0 Å². The van der Waals surface area contributed by atoms with Crippen molar-refractivity contribution in [2.45, 2.75) is 39.4 Å². The molecule has 0 spiro atoms. The number of rotatable bonds is 3. The summed E-state index contributed by atoms with van der Waals surface area (Å²) in [6.07, 6.45) is 1.76. The Labute approximate surface area is 191 Å². The van der Waals surface area contributed by atoms with Gasteiger partial charge in [0.25, 0.3) is 0 Å². The van der Waals surface area contributed by atoms with Gasteiger partial charge >= 0.3 is 6.03 Å². The quantitative estimate of drug-likeness (QED) is 0.493. The van der Waals surface area contributed by atoms with Gasteiger partial charge in [-0.25, -0.2) is 4.79 Å². The third-order valence-electron chi connectivity index (χ3n) is 6.22. The molecule has 0 unspecified atom stereocenters. The Hall–Kier alpha value is -3.89. The topological polar surface area (TPSA) is 123 Å². The van der Waals surface area contributed by atoms with Gasteiger partial charge in [0.05, 0.1) is 17.1 Å². The zero-order valence-electron chi connectivity index (χ0n) is 19.2. The second-order valence-corrected chi connectivity index (χ2v) is 8.53. The summed E-state index contributed by atoms with van der Waals surface area (Å²) in [6, 6.07) is 7.79. The monoisotopic (exact) mass is 448 g/mol. The lowest BCUT2D eigenvalue weighted by Gasteiger charge is -2.45. The predicted octanol–water partition coefficient (Wildman–Crippen LogP) is 2.45. The first-order valence-electron chi connectivity index (χ1n) is 11.1. The molecule has 4 aromatic rings. The number of para-hydroxylation sites is 1. The van der Waals surface area contributed by atoms with Crippen molar-refractivity contribution in [3.63, 3.8) is 0 Å². The van der Waals surface area contributed by atoms with Crippen molar-refractivity contribution in [2.75, 3.05) is 29.0 Å². The molecule has 3 aromatic heterocycles. The molecule has 4 heterocycles. The first kappa shape index (κ1) is 21.0. The molecule has 1 fully saturated rings. The average molecular weight is 449 g/mol. The summed E-state index contributed by atoms with van der Waals surface area (Å²) in [5.74, 6) is 1.54. The van der Waals surface area contributed by atoms with Crippen LogP contribution >= 0.6 is 0 Å². The zero-order chi connectivity index (χ0) is 23.3. The maximum Gasteiger partial charge on any atom is 0.323 e. The Morgan fingerprint density at radius 1 is 1.15 bits per heavy atom. The molecular weight excluding hydrogens is 420 g/mol. The van der Waals surface area contributed by atoms with Gasteiger partial charge in [0.1, 0.15) is 5.82 Å². The lowest BCUT2D eigenvalue weighted by Crippen LogP contribution is -2.59. The van der Waals surface area contributed by atoms with E-state index in [9.17, 15) is 4.79 Å². The summed E-state index contributed by atoms with van der Waals surface area (Å²) in [4.78, 5) is 26.1. The fourth-order valence-electron chi connectivity index (χ4n) is 4.77. The molecule has 0 aliphatic carbocycles. The number of aromatic nitrogens is 6. The first-order valence-corrected chi connectivity index (χ1v) is 11.1. The Kier molecular flexibility index (Phi) is 5.03. The minimum absolute atomic E-state index is 0.0159. The van der Waals surface area contributed by atoms with Gasteiger partial charge < -0.3 is 15.5 Å². The highest BCUT2D eigenvalue weighted by Gasteiger charge is 2.34. The van der Waals surface area contributed by atoms with Crippen LogP contribution in [0.15, 0.2) is 30.5 Å². The van der Waals surface area contributed by atoms with Crippen molar-refractivity contribution < 1.29 is 4.79 Å². The maximum atomic E-state index is 13.2. The third-order valence-corrected chi connectivity index (χ3v) is 6.22. The molecule has 33 heavy (non-hydrogen) atoms. The highest BCUT2D eigenvalue weighted by Crippen LogP contribution is 2.30. The number of nitrogens with zero attached hydrogens (tertiary/aromatic N) is 8. The second-order valence-electron chi connectivity index (χ2n) is 8.53. The molecule has 11 nitrogen and oxygen atoms in total. The number of nitrogens with two attached hydrogens (primary N) is 1. The molecule has 0 saturated carbocycles. The number of hydrogen-bond donors (Lipinski definition) is 2. The largest absolute Gasteiger partial charge is 0.368 e. The summed E-state index contributed by atoms with van der Waals surface area (Å²) in [5, 5.41) is 13.7. The molecule has 2 atom stereocenters. The van der Waals surface area contributed by atoms with Crippen LogP contribution in [0.25, 0.3) is 21.9 Å². The molecule has 1 aliphatic heterocycles. The number of amides is 2. The van der Waals surface area contributed by atoms with E-state index in [1.807, 2.05) is 47.8 Å². The average Bonchev–Trinajstić information content (AvgIpc) is 3.33. The van der Waals surface area contributed by atoms with Crippen molar-refractivity contribution in [3.8, 4) is 0 Å². The standard InChI is InChI=1S/C22H28N10O/c1-5-31-17-9-7-6-8-15(17)18(28-31)25-22(33)30-11-13(2)32(14(3)12-30)20-16-10-24-29(4)19(16)26-21(23)27-20/h6-10,13-14H,5,11-12H2,1-4H3,(H2,23,26,27)(H,25,28,33)/t13-,14-/m0/s1. The molecule has 2 amide bonds. The molecule has 1 aromatic carbocycles. The molecule has 1 saturated heterocycles. The van der Waals surface area contributed by atoms with E-state index in [1.54, 1.807) is 10.9 Å². The minimum atomic E-state index is -0.159. The fraction of sp³-hybridized carbons (Fsp3) is 0.409. The van der Waals surface area contributed by atoms with E-state index in [0.717, 1.165) is 28.7 Å². The number of fused-ring (bicyclic) bond motifs is 2. The number of hydrogen-bond acceptors (Lipinski definition) is 7. The molecule has 0 bridgehead atoms. The summed E-state index contributed by atoms with van der Waals surface area (Å²) in [5.41, 5.74) is 7.69. The Morgan fingerprint density at radius 3 is 2.61 bits per heavy atom. The number of benzene rings is 1. The number of carbonyl (C=O) groups excluding carboxylic acids is 1. The molecule has 3 N–H and O–H groups in total. The van der Waals surface area contributed by atoms with E-state index in [4.69, 9.17) is 5.73 Å². The number of aryl methyl sites for hydroxylation is 2. The summed E-state index contributed by atoms with van der Waals surface area (Å²) >= 11 is 0. The predicted molar refractivity (Wildman–Crippen MR) is 128 cm³/mol. The Bertz CT molecular complexity index is 1330. The SMILES string of the molecule is CCn1nc(NC(=O)N2C[C@H](C)N(c3nc(N)nc4c3cnn4C)[C@@H](C)C2)c2ccccc21. The van der Waals surface area contributed by atoms with Gasteiger partial charge in [-0.2, -0.15) is 20.2 Å². The lowest BCUT2D eigenvalue weighted by atomic mass is 10.1. The summed E-state index contributed by atoms with van der Waals surface area (Å²) in [6.45, 7) is 8.00. The van der Waals surface area contributed by atoms with Gasteiger partial charge in [0.2, 0.25) is 5.95 Å². The highest BCUT2D eigenvalue weighted by molar-refractivity contribution is 5.99. The molecule has 5 rings (SSSR count). The van der Waals surface area contributed by atoms with Gasteiger partial charge in [-0.05, 0) is 32.9 Å². The van der Waals surface area contributed by atoms with Crippen molar-refractivity contribution in [3.05, 3.63) is 30.5 Å². The van der Waals surface area contributed by atoms with Crippen LogP contribution in [0, 0.1) is 0 Å².